The van der Waals surface area contributed by atoms with E-state index in [1.165, 1.54) is 17.9 Å². The first-order valence-corrected chi connectivity index (χ1v) is 6.29. The van der Waals surface area contributed by atoms with Crippen molar-refractivity contribution in [1.29, 1.82) is 0 Å². The number of hydrogen-bond acceptors (Lipinski definition) is 3. The monoisotopic (exact) mass is 293 g/mol. The standard InChI is InChI=1S/C14H16FN3O3/c1-8-7-18(17-9(8)2)11-4-5-12(21-3)13(15)10(11)6-16-14(19)20/h4-5,7,16H,6H2,1-3H3,(H,19,20). The molecule has 21 heavy (non-hydrogen) atoms. The van der Waals surface area contributed by atoms with E-state index >= 15 is 0 Å². The van der Waals surface area contributed by atoms with Gasteiger partial charge in [-0.1, -0.05) is 0 Å². The molecule has 0 saturated heterocycles. The smallest absolute Gasteiger partial charge is 0.404 e. The second-order valence-electron chi connectivity index (χ2n) is 4.58. The largest absolute Gasteiger partial charge is 0.494 e. The maximum Gasteiger partial charge on any atom is 0.404 e. The van der Waals surface area contributed by atoms with Crippen LogP contribution in [0, 0.1) is 19.7 Å². The molecule has 0 spiro atoms. The van der Waals surface area contributed by atoms with Gasteiger partial charge in [0.05, 0.1) is 25.0 Å². The number of halogens is 1. The van der Waals surface area contributed by atoms with Gasteiger partial charge in [-0.25, -0.2) is 13.9 Å². The lowest BCUT2D eigenvalue weighted by Crippen LogP contribution is -2.22. The van der Waals surface area contributed by atoms with Gasteiger partial charge in [0.25, 0.3) is 0 Å². The minimum atomic E-state index is -1.23. The Labute approximate surface area is 121 Å². The molecule has 0 fully saturated rings. The summed E-state index contributed by atoms with van der Waals surface area (Å²) in [6.07, 6.45) is 0.539. The SMILES string of the molecule is COc1ccc(-n2cc(C)c(C)n2)c(CNC(=O)O)c1F. The first kappa shape index (κ1) is 14.8. The Bertz CT molecular complexity index is 663. The Balaban J connectivity index is 2.53. The van der Waals surface area contributed by atoms with Gasteiger partial charge in [0.1, 0.15) is 0 Å². The number of carbonyl (C=O) groups is 1. The van der Waals surface area contributed by atoms with Gasteiger partial charge in [0.15, 0.2) is 11.6 Å². The van der Waals surface area contributed by atoms with E-state index in [1.54, 1.807) is 12.3 Å². The van der Waals surface area contributed by atoms with Gasteiger partial charge in [-0.2, -0.15) is 5.10 Å². The zero-order chi connectivity index (χ0) is 15.6. The number of amides is 1. The van der Waals surface area contributed by atoms with Crippen LogP contribution in [-0.4, -0.2) is 28.1 Å². The van der Waals surface area contributed by atoms with Crippen molar-refractivity contribution < 1.29 is 19.0 Å². The van der Waals surface area contributed by atoms with Crippen LogP contribution in [-0.2, 0) is 6.54 Å². The molecule has 2 rings (SSSR count). The second-order valence-corrected chi connectivity index (χ2v) is 4.58. The third-order valence-electron chi connectivity index (χ3n) is 3.21. The summed E-state index contributed by atoms with van der Waals surface area (Å²) in [5.41, 5.74) is 2.43. The Kier molecular flexibility index (Phi) is 4.11. The van der Waals surface area contributed by atoms with E-state index in [-0.39, 0.29) is 17.9 Å². The minimum Gasteiger partial charge on any atom is -0.494 e. The van der Waals surface area contributed by atoms with Crippen molar-refractivity contribution in [2.24, 2.45) is 0 Å². The molecule has 0 bridgehead atoms. The number of rotatable bonds is 4. The molecule has 6 nitrogen and oxygen atoms in total. The molecule has 0 aliphatic carbocycles. The molecule has 0 saturated carbocycles. The molecule has 0 unspecified atom stereocenters. The van der Waals surface area contributed by atoms with E-state index in [0.29, 0.717) is 5.69 Å². The number of hydrogen-bond donors (Lipinski definition) is 2. The fraction of sp³-hybridized carbons (Fsp3) is 0.286. The molecule has 2 N–H and O–H groups in total. The number of carboxylic acid groups (broad SMARTS) is 1. The van der Waals surface area contributed by atoms with Gasteiger partial charge in [-0.15, -0.1) is 0 Å². The fourth-order valence-electron chi connectivity index (χ4n) is 1.96. The summed E-state index contributed by atoms with van der Waals surface area (Å²) in [7, 11) is 1.36. The summed E-state index contributed by atoms with van der Waals surface area (Å²) in [6.45, 7) is 3.57. The van der Waals surface area contributed by atoms with Crippen molar-refractivity contribution in [3.63, 3.8) is 0 Å². The van der Waals surface area contributed by atoms with Crippen molar-refractivity contribution >= 4 is 6.09 Å². The number of ether oxygens (including phenoxy) is 1. The molecular weight excluding hydrogens is 277 g/mol. The predicted octanol–water partition coefficient (Wildman–Crippen LogP) is 2.40. The number of aryl methyl sites for hydroxylation is 2. The summed E-state index contributed by atoms with van der Waals surface area (Å²) in [5, 5.41) is 15.2. The molecule has 1 amide bonds. The van der Waals surface area contributed by atoms with Gasteiger partial charge in [0, 0.05) is 11.8 Å². The number of methoxy groups -OCH3 is 1. The highest BCUT2D eigenvalue weighted by Crippen LogP contribution is 2.26. The van der Waals surface area contributed by atoms with Crippen LogP contribution in [0.3, 0.4) is 0 Å². The molecule has 0 aliphatic heterocycles. The first-order valence-electron chi connectivity index (χ1n) is 6.29. The Morgan fingerprint density at radius 1 is 1.48 bits per heavy atom. The van der Waals surface area contributed by atoms with Crippen molar-refractivity contribution in [3.8, 4) is 11.4 Å². The van der Waals surface area contributed by atoms with Crippen LogP contribution in [0.4, 0.5) is 9.18 Å². The van der Waals surface area contributed by atoms with Crippen molar-refractivity contribution in [2.45, 2.75) is 20.4 Å². The summed E-state index contributed by atoms with van der Waals surface area (Å²) in [4.78, 5) is 10.7. The second kappa shape index (κ2) is 5.82. The minimum absolute atomic E-state index is 0.0570. The zero-order valence-electron chi connectivity index (χ0n) is 12.0. The Morgan fingerprint density at radius 2 is 2.19 bits per heavy atom. The van der Waals surface area contributed by atoms with Crippen LogP contribution in [0.15, 0.2) is 18.3 Å². The van der Waals surface area contributed by atoms with Gasteiger partial charge < -0.3 is 15.2 Å². The molecular formula is C14H16FN3O3. The number of nitrogens with one attached hydrogen (secondary N) is 1. The van der Waals surface area contributed by atoms with E-state index in [0.717, 1.165) is 11.3 Å². The van der Waals surface area contributed by atoms with E-state index in [9.17, 15) is 9.18 Å². The van der Waals surface area contributed by atoms with E-state index in [1.807, 2.05) is 13.8 Å². The van der Waals surface area contributed by atoms with E-state index in [4.69, 9.17) is 9.84 Å². The third kappa shape index (κ3) is 2.96. The lowest BCUT2D eigenvalue weighted by atomic mass is 10.1. The molecule has 1 heterocycles. The fourth-order valence-corrected chi connectivity index (χ4v) is 1.96. The van der Waals surface area contributed by atoms with E-state index in [2.05, 4.69) is 10.4 Å². The van der Waals surface area contributed by atoms with E-state index < -0.39 is 11.9 Å². The molecule has 0 atom stereocenters. The number of benzene rings is 1. The lowest BCUT2D eigenvalue weighted by molar-refractivity contribution is 0.194. The van der Waals surface area contributed by atoms with Crippen LogP contribution in [0.2, 0.25) is 0 Å². The summed E-state index contributed by atoms with van der Waals surface area (Å²) >= 11 is 0. The molecule has 7 heteroatoms. The molecule has 0 aliphatic rings. The van der Waals surface area contributed by atoms with Crippen molar-refractivity contribution in [3.05, 3.63) is 41.0 Å². The summed E-state index contributed by atoms with van der Waals surface area (Å²) in [5.74, 6) is -0.545. The Hall–Kier alpha value is -2.57. The highest BCUT2D eigenvalue weighted by Gasteiger charge is 2.17. The summed E-state index contributed by atoms with van der Waals surface area (Å²) < 4.78 is 20.8. The Morgan fingerprint density at radius 3 is 2.71 bits per heavy atom. The first-order chi connectivity index (χ1) is 9.93. The number of nitrogens with zero attached hydrogens (tertiary/aromatic N) is 2. The quantitative estimate of drug-likeness (QED) is 0.907. The van der Waals surface area contributed by atoms with Gasteiger partial charge in [-0.05, 0) is 31.5 Å². The molecule has 1 aromatic carbocycles. The highest BCUT2D eigenvalue weighted by atomic mass is 19.1. The van der Waals surface area contributed by atoms with Crippen molar-refractivity contribution in [1.82, 2.24) is 15.1 Å². The van der Waals surface area contributed by atoms with Crippen LogP contribution < -0.4 is 10.1 Å². The van der Waals surface area contributed by atoms with Gasteiger partial charge in [-0.3, -0.25) is 0 Å². The maximum absolute atomic E-state index is 14.4. The highest BCUT2D eigenvalue weighted by molar-refractivity contribution is 5.65. The maximum atomic E-state index is 14.4. The predicted molar refractivity (Wildman–Crippen MR) is 74.4 cm³/mol. The zero-order valence-corrected chi connectivity index (χ0v) is 12.0. The third-order valence-corrected chi connectivity index (χ3v) is 3.21. The topological polar surface area (TPSA) is 76.4 Å². The lowest BCUT2D eigenvalue weighted by Gasteiger charge is -2.13. The number of aromatic nitrogens is 2. The van der Waals surface area contributed by atoms with Gasteiger partial charge in [0.2, 0.25) is 0 Å². The molecule has 112 valence electrons. The van der Waals surface area contributed by atoms with Crippen LogP contribution in [0.1, 0.15) is 16.8 Å². The van der Waals surface area contributed by atoms with Crippen molar-refractivity contribution in [2.75, 3.05) is 7.11 Å². The average Bonchev–Trinajstić information content (AvgIpc) is 2.76. The van der Waals surface area contributed by atoms with Gasteiger partial charge >= 0.3 is 6.09 Å². The summed E-state index contributed by atoms with van der Waals surface area (Å²) in [6, 6.07) is 3.13. The van der Waals surface area contributed by atoms with Crippen LogP contribution in [0.25, 0.3) is 5.69 Å². The molecule has 2 aromatic rings. The average molecular weight is 293 g/mol. The molecule has 1 aromatic heterocycles. The normalized spacial score (nSPS) is 10.5. The molecule has 0 radical (unpaired) electrons. The van der Waals surface area contributed by atoms with Crippen LogP contribution in [0.5, 0.6) is 5.75 Å². The van der Waals surface area contributed by atoms with Crippen LogP contribution >= 0.6 is 0 Å².